The van der Waals surface area contributed by atoms with Crippen LogP contribution in [0, 0.1) is 12.7 Å². The summed E-state index contributed by atoms with van der Waals surface area (Å²) in [6, 6.07) is 4.40. The van der Waals surface area contributed by atoms with Gasteiger partial charge in [0.05, 0.1) is 10.6 Å². The Morgan fingerprint density at radius 3 is 2.89 bits per heavy atom. The monoisotopic (exact) mass is 266 g/mol. The number of aliphatic hydroxyl groups is 1. The van der Waals surface area contributed by atoms with Gasteiger partial charge in [0.2, 0.25) is 0 Å². The SMILES string of the molecule is CCCc1nnsc1C(O)c1ccc(F)cc1C. The molecule has 1 aromatic carbocycles. The van der Waals surface area contributed by atoms with Gasteiger partial charge in [-0.3, -0.25) is 0 Å². The Bertz CT molecular complexity index is 542. The van der Waals surface area contributed by atoms with Gasteiger partial charge in [0, 0.05) is 0 Å². The van der Waals surface area contributed by atoms with Crippen molar-refractivity contribution >= 4 is 11.5 Å². The number of aromatic nitrogens is 2. The van der Waals surface area contributed by atoms with E-state index in [1.165, 1.54) is 23.7 Å². The molecule has 1 N–H and O–H groups in total. The second-order valence-corrected chi connectivity index (χ2v) is 5.02. The van der Waals surface area contributed by atoms with Crippen LogP contribution in [0.2, 0.25) is 0 Å². The maximum atomic E-state index is 13.0. The Balaban J connectivity index is 2.35. The van der Waals surface area contributed by atoms with Crippen molar-refractivity contribution in [2.24, 2.45) is 0 Å². The average Bonchev–Trinajstić information content (AvgIpc) is 2.77. The highest BCUT2D eigenvalue weighted by Crippen LogP contribution is 2.29. The zero-order valence-corrected chi connectivity index (χ0v) is 11.2. The van der Waals surface area contributed by atoms with Crippen LogP contribution in [0.5, 0.6) is 0 Å². The average molecular weight is 266 g/mol. The first-order valence-corrected chi connectivity index (χ1v) is 6.66. The summed E-state index contributed by atoms with van der Waals surface area (Å²) in [5.74, 6) is -0.292. The van der Waals surface area contributed by atoms with Crippen molar-refractivity contribution in [3.05, 3.63) is 45.7 Å². The Morgan fingerprint density at radius 2 is 2.22 bits per heavy atom. The normalized spacial score (nSPS) is 12.7. The molecule has 0 bridgehead atoms. The molecule has 0 saturated carbocycles. The third-order valence-electron chi connectivity index (χ3n) is 2.85. The number of halogens is 1. The maximum absolute atomic E-state index is 13.0. The molecule has 2 aromatic rings. The Kier molecular flexibility index (Phi) is 4.04. The topological polar surface area (TPSA) is 46.0 Å². The van der Waals surface area contributed by atoms with Gasteiger partial charge in [-0.15, -0.1) is 5.10 Å². The summed E-state index contributed by atoms with van der Waals surface area (Å²) < 4.78 is 16.9. The van der Waals surface area contributed by atoms with E-state index in [-0.39, 0.29) is 5.82 Å². The van der Waals surface area contributed by atoms with Gasteiger partial charge in [-0.25, -0.2) is 4.39 Å². The van der Waals surface area contributed by atoms with Gasteiger partial charge in [-0.05, 0) is 48.1 Å². The predicted octanol–water partition coefficient (Wildman–Crippen LogP) is 3.02. The second-order valence-electron chi connectivity index (χ2n) is 4.24. The van der Waals surface area contributed by atoms with E-state index in [0.717, 1.165) is 29.0 Å². The van der Waals surface area contributed by atoms with Gasteiger partial charge >= 0.3 is 0 Å². The van der Waals surface area contributed by atoms with E-state index in [2.05, 4.69) is 16.5 Å². The highest BCUT2D eigenvalue weighted by atomic mass is 32.1. The highest BCUT2D eigenvalue weighted by molar-refractivity contribution is 7.05. The van der Waals surface area contributed by atoms with E-state index in [0.29, 0.717) is 5.56 Å². The minimum absolute atomic E-state index is 0.292. The van der Waals surface area contributed by atoms with Crippen molar-refractivity contribution in [2.75, 3.05) is 0 Å². The minimum atomic E-state index is -0.771. The summed E-state index contributed by atoms with van der Waals surface area (Å²) in [6.45, 7) is 3.84. The minimum Gasteiger partial charge on any atom is -0.383 e. The fraction of sp³-hybridized carbons (Fsp3) is 0.385. The molecular weight excluding hydrogens is 251 g/mol. The van der Waals surface area contributed by atoms with E-state index in [1.54, 1.807) is 13.0 Å². The fourth-order valence-electron chi connectivity index (χ4n) is 1.92. The lowest BCUT2D eigenvalue weighted by atomic mass is 10.0. The fourth-order valence-corrected chi connectivity index (χ4v) is 2.62. The van der Waals surface area contributed by atoms with Gasteiger partial charge in [-0.2, -0.15) is 0 Å². The van der Waals surface area contributed by atoms with Crippen molar-refractivity contribution in [2.45, 2.75) is 32.8 Å². The first-order valence-electron chi connectivity index (χ1n) is 5.88. The van der Waals surface area contributed by atoms with Crippen molar-refractivity contribution in [1.82, 2.24) is 9.59 Å². The van der Waals surface area contributed by atoms with Crippen LogP contribution in [0.1, 0.15) is 41.1 Å². The number of rotatable bonds is 4. The first kappa shape index (κ1) is 13.1. The molecule has 96 valence electrons. The van der Waals surface area contributed by atoms with Crippen LogP contribution in [-0.2, 0) is 6.42 Å². The third kappa shape index (κ3) is 2.57. The molecular formula is C13H15FN2OS. The molecule has 3 nitrogen and oxygen atoms in total. The van der Waals surface area contributed by atoms with Crippen molar-refractivity contribution in [1.29, 1.82) is 0 Å². The zero-order chi connectivity index (χ0) is 13.1. The van der Waals surface area contributed by atoms with Gasteiger partial charge < -0.3 is 5.11 Å². The molecule has 2 rings (SSSR count). The molecule has 0 aliphatic rings. The summed E-state index contributed by atoms with van der Waals surface area (Å²) in [4.78, 5) is 0.756. The Morgan fingerprint density at radius 1 is 1.44 bits per heavy atom. The Hall–Kier alpha value is -1.33. The number of hydrogen-bond acceptors (Lipinski definition) is 4. The van der Waals surface area contributed by atoms with E-state index in [4.69, 9.17) is 0 Å². The number of aliphatic hydroxyl groups excluding tert-OH is 1. The van der Waals surface area contributed by atoms with Gasteiger partial charge in [0.15, 0.2) is 0 Å². The molecule has 0 aliphatic carbocycles. The lowest BCUT2D eigenvalue weighted by molar-refractivity contribution is 0.222. The van der Waals surface area contributed by atoms with Crippen LogP contribution in [0.15, 0.2) is 18.2 Å². The molecule has 1 atom stereocenters. The standard InChI is InChI=1S/C13H15FN2OS/c1-3-4-11-13(18-16-15-11)12(17)10-6-5-9(14)7-8(10)2/h5-7,12,17H,3-4H2,1-2H3. The molecule has 5 heteroatoms. The van der Waals surface area contributed by atoms with Crippen molar-refractivity contribution in [3.8, 4) is 0 Å². The molecule has 1 unspecified atom stereocenters. The lowest BCUT2D eigenvalue weighted by Gasteiger charge is -2.12. The van der Waals surface area contributed by atoms with Crippen molar-refractivity contribution in [3.63, 3.8) is 0 Å². The predicted molar refractivity (Wildman–Crippen MR) is 69.1 cm³/mol. The number of nitrogens with zero attached hydrogens (tertiary/aromatic N) is 2. The van der Waals surface area contributed by atoms with Crippen LogP contribution in [0.25, 0.3) is 0 Å². The van der Waals surface area contributed by atoms with E-state index in [1.807, 2.05) is 0 Å². The molecule has 1 heterocycles. The molecule has 0 spiro atoms. The molecule has 18 heavy (non-hydrogen) atoms. The van der Waals surface area contributed by atoms with Crippen molar-refractivity contribution < 1.29 is 9.50 Å². The molecule has 0 fully saturated rings. The molecule has 0 saturated heterocycles. The van der Waals surface area contributed by atoms with Gasteiger partial charge in [-0.1, -0.05) is 23.9 Å². The lowest BCUT2D eigenvalue weighted by Crippen LogP contribution is -2.03. The smallest absolute Gasteiger partial charge is 0.123 e. The number of hydrogen-bond donors (Lipinski definition) is 1. The summed E-state index contributed by atoms with van der Waals surface area (Å²) in [5.41, 5.74) is 2.27. The van der Waals surface area contributed by atoms with E-state index >= 15 is 0 Å². The summed E-state index contributed by atoms with van der Waals surface area (Å²) in [6.07, 6.45) is 0.976. The largest absolute Gasteiger partial charge is 0.383 e. The molecule has 0 amide bonds. The Labute approximate surface area is 109 Å². The molecule has 1 aromatic heterocycles. The quantitative estimate of drug-likeness (QED) is 0.925. The molecule has 0 radical (unpaired) electrons. The van der Waals surface area contributed by atoms with Crippen LogP contribution >= 0.6 is 11.5 Å². The highest BCUT2D eigenvalue weighted by Gasteiger charge is 2.19. The summed E-state index contributed by atoms with van der Waals surface area (Å²) in [7, 11) is 0. The van der Waals surface area contributed by atoms with Crippen LogP contribution in [-0.4, -0.2) is 14.7 Å². The van der Waals surface area contributed by atoms with E-state index in [9.17, 15) is 9.50 Å². The van der Waals surface area contributed by atoms with E-state index < -0.39 is 6.10 Å². The van der Waals surface area contributed by atoms with Crippen LogP contribution in [0.4, 0.5) is 4.39 Å². The maximum Gasteiger partial charge on any atom is 0.123 e. The van der Waals surface area contributed by atoms with Crippen LogP contribution < -0.4 is 0 Å². The second kappa shape index (κ2) is 5.54. The zero-order valence-electron chi connectivity index (χ0n) is 10.4. The third-order valence-corrected chi connectivity index (χ3v) is 3.67. The summed E-state index contributed by atoms with van der Waals surface area (Å²) in [5, 5.41) is 14.4. The summed E-state index contributed by atoms with van der Waals surface area (Å²) >= 11 is 1.20. The number of aryl methyl sites for hydroxylation is 2. The van der Waals surface area contributed by atoms with Crippen LogP contribution in [0.3, 0.4) is 0 Å². The first-order chi connectivity index (χ1) is 8.63. The number of benzene rings is 1. The van der Waals surface area contributed by atoms with Gasteiger partial charge in [0.1, 0.15) is 11.9 Å². The van der Waals surface area contributed by atoms with Gasteiger partial charge in [0.25, 0.3) is 0 Å². The molecule has 0 aliphatic heterocycles.